The summed E-state index contributed by atoms with van der Waals surface area (Å²) in [5.74, 6) is -0.266. The Labute approximate surface area is 185 Å². The Balaban J connectivity index is 1.75. The topological polar surface area (TPSA) is 64.7 Å². The molecule has 2 aromatic carbocycles. The van der Waals surface area contributed by atoms with E-state index >= 15 is 0 Å². The molecule has 0 radical (unpaired) electrons. The molecule has 6 nitrogen and oxygen atoms in total. The first-order valence-electron chi connectivity index (χ1n) is 11.2. The molecular formula is C25H34N4O2. The molecule has 0 bridgehead atoms. The molecule has 1 fully saturated rings. The van der Waals surface area contributed by atoms with Gasteiger partial charge in [-0.2, -0.15) is 0 Å². The van der Waals surface area contributed by atoms with Crippen molar-refractivity contribution in [2.75, 3.05) is 50.5 Å². The van der Waals surface area contributed by atoms with Crippen LogP contribution in [0.1, 0.15) is 52.5 Å². The van der Waals surface area contributed by atoms with Gasteiger partial charge in [0.25, 0.3) is 11.8 Å². The molecule has 2 N–H and O–H groups in total. The van der Waals surface area contributed by atoms with Gasteiger partial charge in [0.2, 0.25) is 0 Å². The lowest BCUT2D eigenvalue weighted by molar-refractivity contribution is 0.0951. The molecule has 0 atom stereocenters. The average Bonchev–Trinajstić information content (AvgIpc) is 3.31. The van der Waals surface area contributed by atoms with Gasteiger partial charge in [-0.25, -0.2) is 0 Å². The second-order valence-electron chi connectivity index (χ2n) is 8.34. The highest BCUT2D eigenvalue weighted by Crippen LogP contribution is 2.28. The normalized spacial score (nSPS) is 13.5. The van der Waals surface area contributed by atoms with Crippen LogP contribution < -0.4 is 15.5 Å². The summed E-state index contributed by atoms with van der Waals surface area (Å²) in [4.78, 5) is 30.0. The molecule has 0 aromatic heterocycles. The Hall–Kier alpha value is -2.86. The minimum Gasteiger partial charge on any atom is -0.371 e. The van der Waals surface area contributed by atoms with E-state index in [0.29, 0.717) is 23.4 Å². The number of aryl methyl sites for hydroxylation is 1. The molecule has 1 aliphatic rings. The number of carbonyl (C=O) groups excluding carboxylic acids is 2. The van der Waals surface area contributed by atoms with Crippen LogP contribution in [-0.2, 0) is 6.42 Å². The van der Waals surface area contributed by atoms with Crippen molar-refractivity contribution in [1.82, 2.24) is 10.2 Å². The van der Waals surface area contributed by atoms with Crippen molar-refractivity contribution in [3.05, 3.63) is 59.2 Å². The molecule has 1 saturated heterocycles. The number of rotatable bonds is 9. The van der Waals surface area contributed by atoms with Crippen LogP contribution in [0.5, 0.6) is 0 Å². The first-order chi connectivity index (χ1) is 15.0. The summed E-state index contributed by atoms with van der Waals surface area (Å²) in [5.41, 5.74) is 3.99. The third-order valence-corrected chi connectivity index (χ3v) is 5.64. The zero-order valence-corrected chi connectivity index (χ0v) is 18.9. The van der Waals surface area contributed by atoms with Gasteiger partial charge in [0.15, 0.2) is 0 Å². The van der Waals surface area contributed by atoms with Crippen LogP contribution >= 0.6 is 0 Å². The fourth-order valence-corrected chi connectivity index (χ4v) is 3.82. The number of hydrogen-bond acceptors (Lipinski definition) is 4. The molecule has 2 aromatic rings. The maximum absolute atomic E-state index is 13.0. The van der Waals surface area contributed by atoms with E-state index in [1.54, 1.807) is 6.07 Å². The summed E-state index contributed by atoms with van der Waals surface area (Å²) in [5, 5.41) is 5.98. The van der Waals surface area contributed by atoms with Crippen LogP contribution in [0.3, 0.4) is 0 Å². The molecule has 3 rings (SSSR count). The third kappa shape index (κ3) is 6.31. The Morgan fingerprint density at radius 2 is 1.71 bits per heavy atom. The maximum atomic E-state index is 13.0. The minimum absolute atomic E-state index is 0.0935. The van der Waals surface area contributed by atoms with Gasteiger partial charge in [0, 0.05) is 36.6 Å². The first kappa shape index (κ1) is 22.8. The summed E-state index contributed by atoms with van der Waals surface area (Å²) in [6, 6.07) is 13.3. The molecule has 0 spiro atoms. The van der Waals surface area contributed by atoms with Crippen molar-refractivity contribution in [2.45, 2.75) is 32.6 Å². The predicted octanol–water partition coefficient (Wildman–Crippen LogP) is 3.78. The molecule has 1 heterocycles. The largest absolute Gasteiger partial charge is 0.371 e. The number of nitrogens with zero attached hydrogens (tertiary/aromatic N) is 2. The fourth-order valence-electron chi connectivity index (χ4n) is 3.82. The molecule has 6 heteroatoms. The zero-order valence-electron chi connectivity index (χ0n) is 18.9. The molecule has 1 aliphatic heterocycles. The molecule has 0 saturated carbocycles. The van der Waals surface area contributed by atoms with Crippen LogP contribution in [0, 0.1) is 0 Å². The SMILES string of the molecule is CCc1ccc(C(=O)Nc2ccc(N3CCCC3)c(C(=O)NCCCN(C)C)c2)cc1. The standard InChI is InChI=1S/C25H34N4O2/c1-4-19-8-10-20(11-9-19)24(30)27-21-12-13-23(29-16-5-6-17-29)22(18-21)25(31)26-14-7-15-28(2)3/h8-13,18H,4-7,14-17H2,1-3H3,(H,26,31)(H,27,30). The van der Waals surface area contributed by atoms with E-state index in [-0.39, 0.29) is 11.8 Å². The van der Waals surface area contributed by atoms with Gasteiger partial charge in [-0.15, -0.1) is 0 Å². The number of amides is 2. The lowest BCUT2D eigenvalue weighted by atomic mass is 10.1. The Morgan fingerprint density at radius 3 is 2.35 bits per heavy atom. The predicted molar refractivity (Wildman–Crippen MR) is 127 cm³/mol. The summed E-state index contributed by atoms with van der Waals surface area (Å²) in [7, 11) is 4.05. The van der Waals surface area contributed by atoms with Crippen LogP contribution in [0.4, 0.5) is 11.4 Å². The van der Waals surface area contributed by atoms with Crippen molar-refractivity contribution in [3.63, 3.8) is 0 Å². The van der Waals surface area contributed by atoms with Gasteiger partial charge in [-0.05, 0) is 82.2 Å². The van der Waals surface area contributed by atoms with E-state index in [2.05, 4.69) is 27.4 Å². The molecule has 0 aliphatic carbocycles. The summed E-state index contributed by atoms with van der Waals surface area (Å²) in [6.07, 6.45) is 4.10. The van der Waals surface area contributed by atoms with Crippen LogP contribution in [0.15, 0.2) is 42.5 Å². The van der Waals surface area contributed by atoms with E-state index in [1.165, 1.54) is 5.56 Å². The van der Waals surface area contributed by atoms with Gasteiger partial charge in [0.05, 0.1) is 5.56 Å². The van der Waals surface area contributed by atoms with Gasteiger partial charge < -0.3 is 20.4 Å². The Kier molecular flexibility index (Phi) is 8.06. The summed E-state index contributed by atoms with van der Waals surface area (Å²) >= 11 is 0. The van der Waals surface area contributed by atoms with E-state index in [0.717, 1.165) is 51.0 Å². The number of anilines is 2. The summed E-state index contributed by atoms with van der Waals surface area (Å²) in [6.45, 7) is 5.54. The highest BCUT2D eigenvalue weighted by atomic mass is 16.2. The van der Waals surface area contributed by atoms with Gasteiger partial charge in [-0.1, -0.05) is 19.1 Å². The molecular weight excluding hydrogens is 388 g/mol. The second kappa shape index (κ2) is 11.0. The van der Waals surface area contributed by atoms with E-state index in [4.69, 9.17) is 0 Å². The number of hydrogen-bond donors (Lipinski definition) is 2. The Morgan fingerprint density at radius 1 is 1.00 bits per heavy atom. The van der Waals surface area contributed by atoms with Crippen LogP contribution in [-0.4, -0.2) is 57.0 Å². The number of carbonyl (C=O) groups is 2. The average molecular weight is 423 g/mol. The molecule has 166 valence electrons. The van der Waals surface area contributed by atoms with Gasteiger partial charge in [-0.3, -0.25) is 9.59 Å². The highest BCUT2D eigenvalue weighted by Gasteiger charge is 2.20. The zero-order chi connectivity index (χ0) is 22.2. The van der Waals surface area contributed by atoms with Crippen molar-refractivity contribution in [3.8, 4) is 0 Å². The molecule has 0 unspecified atom stereocenters. The highest BCUT2D eigenvalue weighted by molar-refractivity contribution is 6.06. The van der Waals surface area contributed by atoms with E-state index in [1.807, 2.05) is 50.5 Å². The summed E-state index contributed by atoms with van der Waals surface area (Å²) < 4.78 is 0. The van der Waals surface area contributed by atoms with E-state index in [9.17, 15) is 9.59 Å². The van der Waals surface area contributed by atoms with Crippen molar-refractivity contribution < 1.29 is 9.59 Å². The quantitative estimate of drug-likeness (QED) is 0.604. The molecule has 2 amide bonds. The second-order valence-corrected chi connectivity index (χ2v) is 8.34. The fraction of sp³-hybridized carbons (Fsp3) is 0.440. The van der Waals surface area contributed by atoms with Crippen molar-refractivity contribution in [2.24, 2.45) is 0 Å². The number of benzene rings is 2. The number of nitrogens with one attached hydrogen (secondary N) is 2. The maximum Gasteiger partial charge on any atom is 0.255 e. The van der Waals surface area contributed by atoms with Crippen LogP contribution in [0.25, 0.3) is 0 Å². The van der Waals surface area contributed by atoms with Crippen LogP contribution in [0.2, 0.25) is 0 Å². The monoisotopic (exact) mass is 422 g/mol. The van der Waals surface area contributed by atoms with Gasteiger partial charge >= 0.3 is 0 Å². The van der Waals surface area contributed by atoms with Crippen molar-refractivity contribution in [1.29, 1.82) is 0 Å². The third-order valence-electron chi connectivity index (χ3n) is 5.64. The Bertz CT molecular complexity index is 887. The van der Waals surface area contributed by atoms with E-state index < -0.39 is 0 Å². The first-order valence-corrected chi connectivity index (χ1v) is 11.2. The lowest BCUT2D eigenvalue weighted by Gasteiger charge is -2.22. The van der Waals surface area contributed by atoms with Crippen molar-refractivity contribution >= 4 is 23.2 Å². The molecule has 31 heavy (non-hydrogen) atoms. The lowest BCUT2D eigenvalue weighted by Crippen LogP contribution is -2.29. The minimum atomic E-state index is -0.172. The van der Waals surface area contributed by atoms with Gasteiger partial charge in [0.1, 0.15) is 0 Å². The smallest absolute Gasteiger partial charge is 0.255 e.